The number of carbonyl (C=O) groups excluding carboxylic acids is 1. The summed E-state index contributed by atoms with van der Waals surface area (Å²) in [5.74, 6) is 0.685. The fourth-order valence-corrected chi connectivity index (χ4v) is 2.84. The fraction of sp³-hybridized carbons (Fsp3) is 0.529. The van der Waals surface area contributed by atoms with E-state index in [0.29, 0.717) is 31.5 Å². The van der Waals surface area contributed by atoms with Crippen molar-refractivity contribution in [3.63, 3.8) is 0 Å². The van der Waals surface area contributed by atoms with Crippen LogP contribution in [0.3, 0.4) is 0 Å². The van der Waals surface area contributed by atoms with Crippen LogP contribution in [0.5, 0.6) is 5.88 Å². The molecule has 7 heteroatoms. The van der Waals surface area contributed by atoms with E-state index >= 15 is 0 Å². The molecule has 128 valence electrons. The van der Waals surface area contributed by atoms with E-state index in [2.05, 4.69) is 20.4 Å². The summed E-state index contributed by atoms with van der Waals surface area (Å²) in [5, 5.41) is 6.94. The maximum Gasteiger partial charge on any atom is 0.220 e. The van der Waals surface area contributed by atoms with Crippen LogP contribution in [0.15, 0.2) is 31.0 Å². The molecule has 0 atom stereocenters. The summed E-state index contributed by atoms with van der Waals surface area (Å²) in [4.78, 5) is 20.0. The molecule has 24 heavy (non-hydrogen) atoms. The van der Waals surface area contributed by atoms with Gasteiger partial charge in [0, 0.05) is 31.8 Å². The average Bonchev–Trinajstić information content (AvgIpc) is 3.27. The second kappa shape index (κ2) is 8.42. The number of hydrogen-bond donors (Lipinski definition) is 1. The number of ether oxygens (including phenoxy) is 1. The molecular formula is C17H23N5O2. The molecule has 2 aromatic heterocycles. The van der Waals surface area contributed by atoms with Crippen LogP contribution in [-0.2, 0) is 17.9 Å². The summed E-state index contributed by atoms with van der Waals surface area (Å²) in [6.07, 6.45) is 11.1. The quantitative estimate of drug-likeness (QED) is 0.802. The summed E-state index contributed by atoms with van der Waals surface area (Å²) in [6.45, 7) is 1.19. The second-order valence-corrected chi connectivity index (χ2v) is 6.07. The van der Waals surface area contributed by atoms with Crippen molar-refractivity contribution < 1.29 is 9.53 Å². The molecule has 0 radical (unpaired) electrons. The Bertz CT molecular complexity index is 638. The van der Waals surface area contributed by atoms with Gasteiger partial charge in [-0.1, -0.05) is 0 Å². The molecule has 1 aliphatic carbocycles. The SMILES string of the molecule is O=C(CCCn1cncn1)NCc1ccnc(OC2CCCC2)c1. The number of hydrogen-bond acceptors (Lipinski definition) is 5. The molecule has 0 bridgehead atoms. The van der Waals surface area contributed by atoms with Crippen LogP contribution in [0.2, 0.25) is 0 Å². The molecule has 1 N–H and O–H groups in total. The smallest absolute Gasteiger partial charge is 0.220 e. The van der Waals surface area contributed by atoms with E-state index in [1.165, 1.54) is 19.2 Å². The van der Waals surface area contributed by atoms with E-state index in [-0.39, 0.29) is 5.91 Å². The molecule has 0 aromatic carbocycles. The number of nitrogens with one attached hydrogen (secondary N) is 1. The van der Waals surface area contributed by atoms with Crippen molar-refractivity contribution >= 4 is 5.91 Å². The minimum Gasteiger partial charge on any atom is -0.474 e. The Labute approximate surface area is 141 Å². The van der Waals surface area contributed by atoms with Gasteiger partial charge in [0.2, 0.25) is 11.8 Å². The first-order valence-corrected chi connectivity index (χ1v) is 8.50. The lowest BCUT2D eigenvalue weighted by Crippen LogP contribution is -2.23. The van der Waals surface area contributed by atoms with Crippen molar-refractivity contribution in [2.45, 2.75) is 57.7 Å². The third-order valence-electron chi connectivity index (χ3n) is 4.14. The van der Waals surface area contributed by atoms with E-state index in [1.807, 2.05) is 12.1 Å². The molecule has 7 nitrogen and oxygen atoms in total. The molecule has 1 fully saturated rings. The summed E-state index contributed by atoms with van der Waals surface area (Å²) < 4.78 is 7.61. The van der Waals surface area contributed by atoms with Crippen LogP contribution in [0.1, 0.15) is 44.1 Å². The van der Waals surface area contributed by atoms with Gasteiger partial charge >= 0.3 is 0 Å². The number of rotatable bonds is 8. The van der Waals surface area contributed by atoms with Gasteiger partial charge in [-0.2, -0.15) is 5.10 Å². The van der Waals surface area contributed by atoms with Gasteiger partial charge in [0.05, 0.1) is 0 Å². The summed E-state index contributed by atoms with van der Waals surface area (Å²) >= 11 is 0. The summed E-state index contributed by atoms with van der Waals surface area (Å²) in [6, 6.07) is 3.81. The topological polar surface area (TPSA) is 81.9 Å². The molecule has 3 rings (SSSR count). The minimum atomic E-state index is 0.0326. The van der Waals surface area contributed by atoms with E-state index in [4.69, 9.17) is 4.74 Å². The highest BCUT2D eigenvalue weighted by molar-refractivity contribution is 5.75. The predicted octanol–water partition coefficient (Wildman–Crippen LogP) is 2.09. The first-order valence-electron chi connectivity index (χ1n) is 8.50. The van der Waals surface area contributed by atoms with Gasteiger partial charge < -0.3 is 10.1 Å². The van der Waals surface area contributed by atoms with E-state index < -0.39 is 0 Å². The van der Waals surface area contributed by atoms with Gasteiger partial charge in [-0.3, -0.25) is 9.48 Å². The lowest BCUT2D eigenvalue weighted by molar-refractivity contribution is -0.121. The highest BCUT2D eigenvalue weighted by atomic mass is 16.5. The van der Waals surface area contributed by atoms with Crippen LogP contribution in [-0.4, -0.2) is 31.8 Å². The Kier molecular flexibility index (Phi) is 5.76. The maximum absolute atomic E-state index is 11.9. The van der Waals surface area contributed by atoms with Crippen molar-refractivity contribution in [1.29, 1.82) is 0 Å². The van der Waals surface area contributed by atoms with Crippen LogP contribution in [0, 0.1) is 0 Å². The predicted molar refractivity (Wildman–Crippen MR) is 88.2 cm³/mol. The summed E-state index contributed by atoms with van der Waals surface area (Å²) in [7, 11) is 0. The fourth-order valence-electron chi connectivity index (χ4n) is 2.84. The number of aryl methyl sites for hydroxylation is 1. The molecular weight excluding hydrogens is 306 g/mol. The number of nitrogens with zero attached hydrogens (tertiary/aromatic N) is 4. The normalized spacial score (nSPS) is 14.7. The van der Waals surface area contributed by atoms with Crippen molar-refractivity contribution in [2.24, 2.45) is 0 Å². The highest BCUT2D eigenvalue weighted by Gasteiger charge is 2.17. The van der Waals surface area contributed by atoms with Crippen LogP contribution >= 0.6 is 0 Å². The minimum absolute atomic E-state index is 0.0326. The van der Waals surface area contributed by atoms with Gasteiger partial charge in [0.15, 0.2) is 0 Å². The molecule has 0 unspecified atom stereocenters. The van der Waals surface area contributed by atoms with Crippen LogP contribution in [0.25, 0.3) is 0 Å². The Morgan fingerprint density at radius 2 is 2.25 bits per heavy atom. The molecule has 1 saturated carbocycles. The number of carbonyl (C=O) groups is 1. The highest BCUT2D eigenvalue weighted by Crippen LogP contribution is 2.23. The lowest BCUT2D eigenvalue weighted by atomic mass is 10.2. The van der Waals surface area contributed by atoms with Crippen LogP contribution in [0.4, 0.5) is 0 Å². The molecule has 0 spiro atoms. The molecule has 2 aromatic rings. The van der Waals surface area contributed by atoms with Gasteiger partial charge in [0.25, 0.3) is 0 Å². The lowest BCUT2D eigenvalue weighted by Gasteiger charge is -2.13. The van der Waals surface area contributed by atoms with Gasteiger partial charge in [-0.15, -0.1) is 0 Å². The van der Waals surface area contributed by atoms with Crippen molar-refractivity contribution in [3.05, 3.63) is 36.5 Å². The maximum atomic E-state index is 11.9. The molecule has 2 heterocycles. The van der Waals surface area contributed by atoms with E-state index in [9.17, 15) is 4.79 Å². The van der Waals surface area contributed by atoms with Crippen molar-refractivity contribution in [2.75, 3.05) is 0 Å². The summed E-state index contributed by atoms with van der Waals surface area (Å²) in [5.41, 5.74) is 1.00. The van der Waals surface area contributed by atoms with E-state index in [1.54, 1.807) is 17.2 Å². The number of aromatic nitrogens is 4. The number of pyridine rings is 1. The zero-order chi connectivity index (χ0) is 16.6. The zero-order valence-corrected chi connectivity index (χ0v) is 13.7. The monoisotopic (exact) mass is 329 g/mol. The largest absolute Gasteiger partial charge is 0.474 e. The van der Waals surface area contributed by atoms with Gasteiger partial charge in [-0.25, -0.2) is 9.97 Å². The second-order valence-electron chi connectivity index (χ2n) is 6.07. The molecule has 0 saturated heterocycles. The Balaban J connectivity index is 1.39. The van der Waals surface area contributed by atoms with Crippen molar-refractivity contribution in [1.82, 2.24) is 25.1 Å². The average molecular weight is 329 g/mol. The molecule has 1 aliphatic rings. The van der Waals surface area contributed by atoms with Gasteiger partial charge in [-0.05, 0) is 43.7 Å². The zero-order valence-electron chi connectivity index (χ0n) is 13.7. The third-order valence-corrected chi connectivity index (χ3v) is 4.14. The Hall–Kier alpha value is -2.44. The number of amides is 1. The Morgan fingerprint density at radius 3 is 3.04 bits per heavy atom. The Morgan fingerprint density at radius 1 is 1.38 bits per heavy atom. The van der Waals surface area contributed by atoms with Gasteiger partial charge in [0.1, 0.15) is 18.8 Å². The third kappa shape index (κ3) is 5.04. The molecule has 1 amide bonds. The van der Waals surface area contributed by atoms with E-state index in [0.717, 1.165) is 24.8 Å². The molecule has 0 aliphatic heterocycles. The first-order chi connectivity index (χ1) is 11.8. The standard InChI is InChI=1S/C17H23N5O2/c23-16(6-3-9-22-13-18-12-21-22)20-11-14-7-8-19-17(10-14)24-15-4-1-2-5-15/h7-8,10,12-13,15H,1-6,9,11H2,(H,20,23). The first kappa shape index (κ1) is 16.4. The van der Waals surface area contributed by atoms with Crippen LogP contribution < -0.4 is 10.1 Å². The van der Waals surface area contributed by atoms with Crippen molar-refractivity contribution in [3.8, 4) is 5.88 Å².